The molecule has 0 bridgehead atoms. The molecule has 0 spiro atoms. The van der Waals surface area contributed by atoms with Crippen molar-refractivity contribution in [2.24, 2.45) is 5.84 Å². The van der Waals surface area contributed by atoms with Gasteiger partial charge < -0.3 is 21.0 Å². The van der Waals surface area contributed by atoms with Gasteiger partial charge in [-0.2, -0.15) is 4.98 Å². The van der Waals surface area contributed by atoms with Gasteiger partial charge in [0.05, 0.1) is 5.60 Å². The molecule has 0 atom stereocenters. The molecule has 1 heterocycles. The smallest absolute Gasteiger partial charge is 0.242 e. The van der Waals surface area contributed by atoms with Crippen LogP contribution in [-0.4, -0.2) is 27.3 Å². The zero-order chi connectivity index (χ0) is 14.3. The second-order valence-corrected chi connectivity index (χ2v) is 4.08. The molecule has 0 aliphatic carbocycles. The molecule has 0 unspecified atom stereocenters. The minimum Gasteiger partial charge on any atom is -0.473 e. The van der Waals surface area contributed by atoms with Crippen LogP contribution in [-0.2, 0) is 0 Å². The van der Waals surface area contributed by atoms with Crippen LogP contribution in [0, 0.1) is 6.92 Å². The topological polar surface area (TPSA) is 119 Å². The Kier molecular flexibility index (Phi) is 6.35. The molecule has 0 saturated carbocycles. The molecule has 0 fully saturated rings. The van der Waals surface area contributed by atoms with E-state index in [4.69, 9.17) is 16.3 Å². The van der Waals surface area contributed by atoms with Crippen molar-refractivity contribution in [3.63, 3.8) is 0 Å². The lowest BCUT2D eigenvalue weighted by atomic mass is 10.2. The number of aryl methyl sites for hydroxylation is 1. The van der Waals surface area contributed by atoms with Crippen molar-refractivity contribution in [1.82, 2.24) is 9.97 Å². The van der Waals surface area contributed by atoms with E-state index in [2.05, 4.69) is 15.4 Å². The number of hydrogen-bond donors (Lipinski definition) is 4. The van der Waals surface area contributed by atoms with Gasteiger partial charge in [0.1, 0.15) is 18.1 Å². The molecule has 1 rings (SSSR count). The third-order valence-electron chi connectivity index (χ3n) is 1.72. The molecule has 104 valence electrons. The van der Waals surface area contributed by atoms with Crippen molar-refractivity contribution in [2.45, 2.75) is 40.2 Å². The van der Waals surface area contributed by atoms with Crippen LogP contribution in [0.2, 0.25) is 0 Å². The molecule has 18 heavy (non-hydrogen) atoms. The largest absolute Gasteiger partial charge is 0.473 e. The number of hydrogen-bond acceptors (Lipinski definition) is 7. The summed E-state index contributed by atoms with van der Waals surface area (Å²) in [6.45, 7) is 9.02. The second kappa shape index (κ2) is 6.97. The fraction of sp³-hybridized carbons (Fsp3) is 0.636. The lowest BCUT2D eigenvalue weighted by Crippen LogP contribution is -2.28. The van der Waals surface area contributed by atoms with Gasteiger partial charge in [0.25, 0.3) is 0 Å². The number of aromatic nitrogens is 2. The standard InChI is InChI=1S/C9H17N5O2.C2H6/c1-5-12-7(14-11)6(10)8(13-5)16-4-9(2,3)15;1-2/h15H,4,10-11H2,1-3H3,(H,12,13,14);1-2H3. The first-order valence-electron chi connectivity index (χ1n) is 5.79. The minimum atomic E-state index is -0.957. The number of anilines is 2. The van der Waals surface area contributed by atoms with E-state index in [1.807, 2.05) is 13.8 Å². The number of hydrazine groups is 1. The van der Waals surface area contributed by atoms with Gasteiger partial charge in [0, 0.05) is 0 Å². The average Bonchev–Trinajstić information content (AvgIpc) is 2.31. The highest BCUT2D eigenvalue weighted by Gasteiger charge is 2.17. The summed E-state index contributed by atoms with van der Waals surface area (Å²) in [6, 6.07) is 0. The Morgan fingerprint density at radius 1 is 1.33 bits per heavy atom. The molecule has 1 aromatic rings. The number of nitrogens with one attached hydrogen (secondary N) is 1. The zero-order valence-electron chi connectivity index (χ0n) is 11.6. The second-order valence-electron chi connectivity index (χ2n) is 4.08. The van der Waals surface area contributed by atoms with Crippen LogP contribution in [0.1, 0.15) is 33.5 Å². The van der Waals surface area contributed by atoms with E-state index < -0.39 is 5.60 Å². The first-order valence-corrected chi connectivity index (χ1v) is 5.79. The predicted octanol–water partition coefficient (Wildman–Crippen LogP) is 0.829. The van der Waals surface area contributed by atoms with E-state index >= 15 is 0 Å². The summed E-state index contributed by atoms with van der Waals surface area (Å²) in [4.78, 5) is 8.00. The molecule has 6 N–H and O–H groups in total. The molecular weight excluding hydrogens is 234 g/mol. The summed E-state index contributed by atoms with van der Waals surface area (Å²) in [7, 11) is 0. The van der Waals surface area contributed by atoms with Crippen molar-refractivity contribution in [3.8, 4) is 5.88 Å². The molecule has 0 aromatic carbocycles. The van der Waals surface area contributed by atoms with Gasteiger partial charge in [-0.05, 0) is 20.8 Å². The normalized spacial score (nSPS) is 10.4. The monoisotopic (exact) mass is 257 g/mol. The maximum Gasteiger partial charge on any atom is 0.242 e. The summed E-state index contributed by atoms with van der Waals surface area (Å²) in [5, 5.41) is 9.52. The van der Waals surface area contributed by atoms with E-state index in [-0.39, 0.29) is 18.2 Å². The molecule has 7 heteroatoms. The van der Waals surface area contributed by atoms with Crippen LogP contribution in [0.5, 0.6) is 5.88 Å². The van der Waals surface area contributed by atoms with Crippen molar-refractivity contribution in [1.29, 1.82) is 0 Å². The van der Waals surface area contributed by atoms with Crippen LogP contribution >= 0.6 is 0 Å². The van der Waals surface area contributed by atoms with Crippen molar-refractivity contribution in [2.75, 3.05) is 17.8 Å². The van der Waals surface area contributed by atoms with Gasteiger partial charge in [-0.15, -0.1) is 0 Å². The Bertz CT molecular complexity index is 376. The molecule has 0 aliphatic heterocycles. The fourth-order valence-electron chi connectivity index (χ4n) is 1.02. The van der Waals surface area contributed by atoms with Gasteiger partial charge in [0.15, 0.2) is 5.82 Å². The Hall–Kier alpha value is -1.60. The summed E-state index contributed by atoms with van der Waals surface area (Å²) < 4.78 is 5.30. The molecule has 0 amide bonds. The van der Waals surface area contributed by atoms with E-state index in [1.54, 1.807) is 20.8 Å². The van der Waals surface area contributed by atoms with Crippen LogP contribution in [0.15, 0.2) is 0 Å². The molecule has 0 saturated heterocycles. The van der Waals surface area contributed by atoms with Crippen molar-refractivity contribution >= 4 is 11.5 Å². The third kappa shape index (κ3) is 5.15. The van der Waals surface area contributed by atoms with Crippen molar-refractivity contribution in [3.05, 3.63) is 5.82 Å². The van der Waals surface area contributed by atoms with Gasteiger partial charge in [-0.25, -0.2) is 10.8 Å². The summed E-state index contributed by atoms with van der Waals surface area (Å²) in [5.41, 5.74) is 7.34. The number of rotatable bonds is 4. The van der Waals surface area contributed by atoms with E-state index in [1.165, 1.54) is 0 Å². The molecule has 7 nitrogen and oxygen atoms in total. The van der Waals surface area contributed by atoms with Crippen molar-refractivity contribution < 1.29 is 9.84 Å². The molecule has 1 aromatic heterocycles. The SMILES string of the molecule is CC.Cc1nc(NN)c(N)c(OCC(C)(C)O)n1. The third-order valence-corrected chi connectivity index (χ3v) is 1.72. The zero-order valence-corrected chi connectivity index (χ0v) is 11.6. The van der Waals surface area contributed by atoms with Crippen LogP contribution < -0.4 is 21.7 Å². The van der Waals surface area contributed by atoms with Crippen LogP contribution in [0.3, 0.4) is 0 Å². The lowest BCUT2D eigenvalue weighted by Gasteiger charge is -2.18. The Morgan fingerprint density at radius 3 is 2.33 bits per heavy atom. The minimum absolute atomic E-state index is 0.0810. The van der Waals surface area contributed by atoms with Gasteiger partial charge in [-0.1, -0.05) is 13.8 Å². The Labute approximate surface area is 108 Å². The number of nitrogen functional groups attached to an aromatic ring is 2. The first-order chi connectivity index (χ1) is 8.33. The van der Waals surface area contributed by atoms with Gasteiger partial charge >= 0.3 is 0 Å². The average molecular weight is 257 g/mol. The number of ether oxygens (including phenoxy) is 1. The number of nitrogens with zero attached hydrogens (tertiary/aromatic N) is 2. The summed E-state index contributed by atoms with van der Waals surface area (Å²) in [6.07, 6.45) is 0. The number of aliphatic hydroxyl groups is 1. The van der Waals surface area contributed by atoms with Crippen LogP contribution in [0.25, 0.3) is 0 Å². The molecule has 0 aliphatic rings. The Balaban J connectivity index is 0.00000137. The summed E-state index contributed by atoms with van der Waals surface area (Å²) >= 11 is 0. The highest BCUT2D eigenvalue weighted by Crippen LogP contribution is 2.25. The lowest BCUT2D eigenvalue weighted by molar-refractivity contribution is 0.0270. The first kappa shape index (κ1) is 16.4. The molecule has 0 radical (unpaired) electrons. The van der Waals surface area contributed by atoms with E-state index in [0.29, 0.717) is 11.6 Å². The quantitative estimate of drug-likeness (QED) is 0.466. The van der Waals surface area contributed by atoms with Gasteiger partial charge in [-0.3, -0.25) is 0 Å². The highest BCUT2D eigenvalue weighted by atomic mass is 16.5. The van der Waals surface area contributed by atoms with E-state index in [0.717, 1.165) is 0 Å². The predicted molar refractivity (Wildman–Crippen MR) is 72.1 cm³/mol. The summed E-state index contributed by atoms with van der Waals surface area (Å²) in [5.74, 6) is 6.24. The van der Waals surface area contributed by atoms with Gasteiger partial charge in [0.2, 0.25) is 5.88 Å². The van der Waals surface area contributed by atoms with Crippen LogP contribution in [0.4, 0.5) is 11.5 Å². The number of nitrogens with two attached hydrogens (primary N) is 2. The highest BCUT2D eigenvalue weighted by molar-refractivity contribution is 5.66. The maximum atomic E-state index is 9.52. The Morgan fingerprint density at radius 2 is 1.89 bits per heavy atom. The molecular formula is C11H23N5O2. The fourth-order valence-corrected chi connectivity index (χ4v) is 1.02. The maximum absolute atomic E-state index is 9.52. The van der Waals surface area contributed by atoms with E-state index in [9.17, 15) is 5.11 Å².